The van der Waals surface area contributed by atoms with Gasteiger partial charge in [0.25, 0.3) is 0 Å². The van der Waals surface area contributed by atoms with Gasteiger partial charge in [-0.25, -0.2) is 19.4 Å². The van der Waals surface area contributed by atoms with Crippen molar-refractivity contribution in [2.45, 2.75) is 52.4 Å². The number of carboxylic acid groups (broad SMARTS) is 1. The summed E-state index contributed by atoms with van der Waals surface area (Å²) in [6.07, 6.45) is 0.427. The molecular weight excluding hydrogens is 610 g/mol. The van der Waals surface area contributed by atoms with Crippen LogP contribution in [0.4, 0.5) is 4.79 Å². The summed E-state index contributed by atoms with van der Waals surface area (Å²) in [5, 5.41) is 49.7. The van der Waals surface area contributed by atoms with E-state index in [4.69, 9.17) is 15.2 Å². The summed E-state index contributed by atoms with van der Waals surface area (Å²) in [7, 11) is 0. The van der Waals surface area contributed by atoms with Crippen LogP contribution in [0.1, 0.15) is 60.3 Å². The molecule has 0 unspecified atom stereocenters. The van der Waals surface area contributed by atoms with E-state index in [0.29, 0.717) is 23.4 Å². The van der Waals surface area contributed by atoms with E-state index in [0.717, 1.165) is 27.9 Å². The summed E-state index contributed by atoms with van der Waals surface area (Å²) in [4.78, 5) is 34.8. The topological polar surface area (TPSA) is 198 Å². The Kier molecular flexibility index (Phi) is 9.83. The Morgan fingerprint density at radius 1 is 0.936 bits per heavy atom. The maximum absolute atomic E-state index is 12.7. The van der Waals surface area contributed by atoms with E-state index in [9.17, 15) is 19.8 Å². The smallest absolute Gasteiger partial charge is 0.459 e. The summed E-state index contributed by atoms with van der Waals surface area (Å²) >= 11 is 0. The van der Waals surface area contributed by atoms with Crippen LogP contribution in [-0.4, -0.2) is 67.8 Å². The SMILES string of the molecule is CCCc1nc(C(C)(C)O)c(C(=O)O)n1Cc1ccc(-c2ccccc2-c2nnn(C(=O)Oc3ccc(CON(O)O)cc3)n2)cc1. The first-order valence-electron chi connectivity index (χ1n) is 14.6. The Hall–Kier alpha value is -5.32. The number of nitrogens with zero attached hydrogens (tertiary/aromatic N) is 7. The summed E-state index contributed by atoms with van der Waals surface area (Å²) in [6.45, 7) is 5.16. The quantitative estimate of drug-likeness (QED) is 0.137. The average molecular weight is 644 g/mol. The Labute approximate surface area is 268 Å². The third-order valence-electron chi connectivity index (χ3n) is 7.13. The van der Waals surface area contributed by atoms with Gasteiger partial charge in [-0.1, -0.05) is 72.4 Å². The van der Waals surface area contributed by atoms with E-state index in [1.54, 1.807) is 22.8 Å². The molecule has 0 fully saturated rings. The number of imidazole rings is 1. The lowest BCUT2D eigenvalue weighted by atomic mass is 9.98. The zero-order valence-electron chi connectivity index (χ0n) is 25.8. The second kappa shape index (κ2) is 14.0. The molecule has 3 aromatic carbocycles. The minimum atomic E-state index is -1.42. The molecule has 0 bridgehead atoms. The molecule has 244 valence electrons. The van der Waals surface area contributed by atoms with Crippen LogP contribution in [0.25, 0.3) is 22.5 Å². The van der Waals surface area contributed by atoms with Gasteiger partial charge >= 0.3 is 12.1 Å². The van der Waals surface area contributed by atoms with Crippen molar-refractivity contribution in [3.63, 3.8) is 0 Å². The number of carbonyl (C=O) groups is 2. The fourth-order valence-corrected chi connectivity index (χ4v) is 4.96. The van der Waals surface area contributed by atoms with Gasteiger partial charge in [-0.15, -0.1) is 10.2 Å². The number of rotatable bonds is 12. The number of aliphatic hydroxyl groups is 1. The summed E-state index contributed by atoms with van der Waals surface area (Å²) in [5.74, 6) is -0.172. The Morgan fingerprint density at radius 3 is 2.21 bits per heavy atom. The molecule has 0 spiro atoms. The van der Waals surface area contributed by atoms with Crippen LogP contribution in [0.3, 0.4) is 0 Å². The predicted molar refractivity (Wildman–Crippen MR) is 164 cm³/mol. The van der Waals surface area contributed by atoms with Crippen molar-refractivity contribution < 1.29 is 39.8 Å². The molecule has 0 radical (unpaired) electrons. The lowest BCUT2D eigenvalue weighted by Gasteiger charge is -2.16. The molecule has 15 nitrogen and oxygen atoms in total. The fourth-order valence-electron chi connectivity index (χ4n) is 4.96. The van der Waals surface area contributed by atoms with Crippen molar-refractivity contribution in [1.29, 1.82) is 0 Å². The number of aromatic carboxylic acids is 1. The number of aryl methyl sites for hydroxylation is 1. The number of tetrazole rings is 1. The van der Waals surface area contributed by atoms with Crippen LogP contribution in [0.5, 0.6) is 5.75 Å². The predicted octanol–water partition coefficient (Wildman–Crippen LogP) is 4.69. The number of hydrogen-bond donors (Lipinski definition) is 4. The molecule has 0 saturated carbocycles. The third-order valence-corrected chi connectivity index (χ3v) is 7.13. The molecule has 5 aromatic rings. The fraction of sp³-hybridized carbons (Fsp3) is 0.250. The van der Waals surface area contributed by atoms with Crippen molar-refractivity contribution in [2.75, 3.05) is 0 Å². The summed E-state index contributed by atoms with van der Waals surface area (Å²) in [6, 6.07) is 21.1. The molecule has 0 saturated heterocycles. The van der Waals surface area contributed by atoms with Crippen LogP contribution < -0.4 is 4.74 Å². The van der Waals surface area contributed by atoms with Crippen molar-refractivity contribution in [2.24, 2.45) is 0 Å². The van der Waals surface area contributed by atoms with E-state index in [2.05, 4.69) is 25.2 Å². The molecule has 2 aromatic heterocycles. The van der Waals surface area contributed by atoms with Gasteiger partial charge in [-0.05, 0) is 59.9 Å². The molecule has 47 heavy (non-hydrogen) atoms. The maximum atomic E-state index is 12.7. The van der Waals surface area contributed by atoms with E-state index in [1.807, 2.05) is 49.4 Å². The van der Waals surface area contributed by atoms with E-state index >= 15 is 0 Å². The lowest BCUT2D eigenvalue weighted by molar-refractivity contribution is -0.497. The van der Waals surface area contributed by atoms with Gasteiger partial charge in [0.05, 0.1) is 12.0 Å². The number of carbonyl (C=O) groups excluding carboxylic acids is 1. The highest BCUT2D eigenvalue weighted by atomic mass is 17.1. The van der Waals surface area contributed by atoms with E-state index in [1.165, 1.54) is 26.0 Å². The molecule has 0 aliphatic rings. The van der Waals surface area contributed by atoms with Crippen LogP contribution in [0.15, 0.2) is 72.8 Å². The van der Waals surface area contributed by atoms with Gasteiger partial charge in [-0.2, -0.15) is 0 Å². The number of hydrogen-bond acceptors (Lipinski definition) is 12. The molecule has 0 atom stereocenters. The average Bonchev–Trinajstić information content (AvgIpc) is 3.67. The van der Waals surface area contributed by atoms with Crippen molar-refractivity contribution in [1.82, 2.24) is 35.1 Å². The van der Waals surface area contributed by atoms with Crippen LogP contribution in [-0.2, 0) is 30.0 Å². The molecule has 0 amide bonds. The van der Waals surface area contributed by atoms with Gasteiger partial charge in [0.1, 0.15) is 22.9 Å². The number of carboxylic acids is 1. The Morgan fingerprint density at radius 2 is 1.60 bits per heavy atom. The minimum Gasteiger partial charge on any atom is -0.477 e. The highest BCUT2D eigenvalue weighted by molar-refractivity contribution is 5.87. The van der Waals surface area contributed by atoms with Gasteiger partial charge < -0.3 is 19.5 Å². The second-order valence-corrected chi connectivity index (χ2v) is 11.1. The third kappa shape index (κ3) is 7.74. The number of benzene rings is 3. The van der Waals surface area contributed by atoms with Gasteiger partial charge in [-0.3, -0.25) is 10.4 Å². The Balaban J connectivity index is 1.35. The number of aromatic nitrogens is 6. The van der Waals surface area contributed by atoms with Crippen molar-refractivity contribution in [3.05, 3.63) is 101 Å². The highest BCUT2D eigenvalue weighted by Crippen LogP contribution is 2.31. The standard InChI is InChI=1S/C32H33N7O8/c1-4-7-26-33-28(32(2,3)43)27(30(40)41)37(26)18-20-10-14-22(15-11-20)24-8-5-6-9-25(24)29-34-36-38(35-29)31(42)47-23-16-12-21(13-17-23)19-46-39(44)45/h5-6,8-17,43-45H,4,7,18-19H2,1-3H3,(H,40,41). The second-order valence-electron chi connectivity index (χ2n) is 11.1. The monoisotopic (exact) mass is 643 g/mol. The molecule has 0 aliphatic carbocycles. The first-order chi connectivity index (χ1) is 22.4. The molecule has 5 rings (SSSR count). The zero-order valence-corrected chi connectivity index (χ0v) is 25.8. The number of ether oxygens (including phenoxy) is 1. The minimum absolute atomic E-state index is 0.0353. The van der Waals surface area contributed by atoms with Gasteiger partial charge in [0, 0.05) is 18.5 Å². The maximum Gasteiger partial charge on any atom is 0.459 e. The normalized spacial score (nSPS) is 11.6. The largest absolute Gasteiger partial charge is 0.477 e. The van der Waals surface area contributed by atoms with Crippen molar-refractivity contribution in [3.8, 4) is 28.3 Å². The molecular formula is C32H33N7O8. The first kappa shape index (κ1) is 33.1. The molecule has 0 aliphatic heterocycles. The zero-order chi connectivity index (χ0) is 33.7. The summed E-state index contributed by atoms with van der Waals surface area (Å²) in [5.41, 5.74) is 2.32. The van der Waals surface area contributed by atoms with Gasteiger partial charge in [0.15, 0.2) is 5.69 Å². The molecule has 15 heteroatoms. The van der Waals surface area contributed by atoms with E-state index in [-0.39, 0.29) is 36.1 Å². The first-order valence-corrected chi connectivity index (χ1v) is 14.6. The summed E-state index contributed by atoms with van der Waals surface area (Å²) < 4.78 is 6.97. The van der Waals surface area contributed by atoms with Gasteiger partial charge in [0.2, 0.25) is 5.82 Å². The Bertz CT molecular complexity index is 1860. The highest BCUT2D eigenvalue weighted by Gasteiger charge is 2.31. The van der Waals surface area contributed by atoms with Crippen molar-refractivity contribution >= 4 is 12.1 Å². The van der Waals surface area contributed by atoms with Crippen LogP contribution >= 0.6 is 0 Å². The lowest BCUT2D eigenvalue weighted by Crippen LogP contribution is -2.22. The van der Waals surface area contributed by atoms with Crippen LogP contribution in [0.2, 0.25) is 0 Å². The molecule has 2 heterocycles. The van der Waals surface area contributed by atoms with Crippen LogP contribution in [0, 0.1) is 0 Å². The molecule has 4 N–H and O–H groups in total. The van der Waals surface area contributed by atoms with E-state index < -0.39 is 23.1 Å².